The number of morpholine rings is 1. The maximum absolute atomic E-state index is 12.7. The van der Waals surface area contributed by atoms with Crippen molar-refractivity contribution in [1.82, 2.24) is 9.29 Å². The summed E-state index contributed by atoms with van der Waals surface area (Å²) in [6.45, 7) is 3.81. The number of nitrogens with zero attached hydrogens (tertiary/aromatic N) is 3. The number of anilines is 2. The molecule has 1 aromatic heterocycles. The first kappa shape index (κ1) is 16.5. The van der Waals surface area contributed by atoms with Crippen LogP contribution < -0.4 is 4.90 Å². The zero-order chi connectivity index (χ0) is 17.4. The number of hydrogen-bond donors (Lipinski definition) is 0. The van der Waals surface area contributed by atoms with E-state index in [1.54, 1.807) is 12.1 Å². The molecule has 1 aromatic carbocycles. The number of sulfonamides is 1. The molecule has 25 heavy (non-hydrogen) atoms. The van der Waals surface area contributed by atoms with Gasteiger partial charge in [-0.1, -0.05) is 18.2 Å². The second-order valence-corrected chi connectivity index (χ2v) is 8.36. The third-order valence-corrected chi connectivity index (χ3v) is 6.66. The Morgan fingerprint density at radius 1 is 1.12 bits per heavy atom. The number of para-hydroxylation sites is 1. The monoisotopic (exact) mass is 359 g/mol. The van der Waals surface area contributed by atoms with Gasteiger partial charge < -0.3 is 9.64 Å². The Morgan fingerprint density at radius 3 is 2.60 bits per heavy atom. The van der Waals surface area contributed by atoms with E-state index in [9.17, 15) is 8.42 Å². The molecule has 1 saturated heterocycles. The van der Waals surface area contributed by atoms with Crippen molar-refractivity contribution in [1.29, 1.82) is 0 Å². The molecule has 2 aliphatic rings. The summed E-state index contributed by atoms with van der Waals surface area (Å²) in [5.74, 6) is 0.776. The van der Waals surface area contributed by atoms with Gasteiger partial charge in [-0.15, -0.1) is 0 Å². The number of benzene rings is 1. The number of rotatable bonds is 3. The first-order valence-electron chi connectivity index (χ1n) is 8.48. The largest absolute Gasteiger partial charge is 0.379 e. The molecular formula is C18H21N3O3S. The van der Waals surface area contributed by atoms with Gasteiger partial charge in [0.05, 0.1) is 13.2 Å². The quantitative estimate of drug-likeness (QED) is 0.841. The molecule has 7 heteroatoms. The number of pyridine rings is 1. The second kappa shape index (κ2) is 6.40. The van der Waals surface area contributed by atoms with Gasteiger partial charge in [-0.3, -0.25) is 0 Å². The average Bonchev–Trinajstić information content (AvgIpc) is 2.98. The van der Waals surface area contributed by atoms with Crippen LogP contribution in [0.3, 0.4) is 0 Å². The van der Waals surface area contributed by atoms with Gasteiger partial charge in [-0.2, -0.15) is 4.31 Å². The Kier molecular flexibility index (Phi) is 4.23. The van der Waals surface area contributed by atoms with Crippen molar-refractivity contribution in [3.63, 3.8) is 0 Å². The minimum absolute atomic E-state index is 0.235. The molecule has 0 radical (unpaired) electrons. The highest BCUT2D eigenvalue weighted by Gasteiger charge is 2.29. The lowest BCUT2D eigenvalue weighted by atomic mass is 10.1. The molecular weight excluding hydrogens is 338 g/mol. The van der Waals surface area contributed by atoms with Gasteiger partial charge in [0, 0.05) is 31.0 Å². The van der Waals surface area contributed by atoms with Crippen molar-refractivity contribution in [2.45, 2.75) is 24.3 Å². The lowest BCUT2D eigenvalue weighted by Gasteiger charge is -2.27. The van der Waals surface area contributed by atoms with Crippen LogP contribution in [-0.4, -0.2) is 50.1 Å². The highest BCUT2D eigenvalue weighted by molar-refractivity contribution is 7.89. The van der Waals surface area contributed by atoms with Gasteiger partial charge in [0.2, 0.25) is 10.0 Å². The van der Waals surface area contributed by atoms with Crippen LogP contribution in [-0.2, 0) is 21.2 Å². The molecule has 0 spiro atoms. The minimum Gasteiger partial charge on any atom is -0.379 e. The zero-order valence-electron chi connectivity index (χ0n) is 14.1. The Morgan fingerprint density at radius 2 is 1.88 bits per heavy atom. The number of ether oxygens (including phenoxy) is 1. The number of aromatic nitrogens is 1. The fraction of sp³-hybridized carbons (Fsp3) is 0.389. The highest BCUT2D eigenvalue weighted by atomic mass is 32.2. The van der Waals surface area contributed by atoms with E-state index in [1.807, 2.05) is 12.1 Å². The molecule has 4 rings (SSSR count). The zero-order valence-corrected chi connectivity index (χ0v) is 14.9. The smallest absolute Gasteiger partial charge is 0.244 e. The van der Waals surface area contributed by atoms with Crippen molar-refractivity contribution in [3.05, 3.63) is 48.2 Å². The molecule has 2 aromatic rings. The summed E-state index contributed by atoms with van der Waals surface area (Å²) in [6.07, 6.45) is 2.43. The summed E-state index contributed by atoms with van der Waals surface area (Å²) >= 11 is 0. The molecule has 1 unspecified atom stereocenters. The van der Waals surface area contributed by atoms with Crippen LogP contribution in [0.25, 0.3) is 0 Å². The van der Waals surface area contributed by atoms with Crippen molar-refractivity contribution in [2.24, 2.45) is 0 Å². The van der Waals surface area contributed by atoms with E-state index >= 15 is 0 Å². The Hall–Kier alpha value is -1.96. The van der Waals surface area contributed by atoms with Gasteiger partial charge in [0.1, 0.15) is 10.7 Å². The predicted octanol–water partition coefficient (Wildman–Crippen LogP) is 2.19. The van der Waals surface area contributed by atoms with Gasteiger partial charge in [-0.25, -0.2) is 13.4 Å². The number of fused-ring (bicyclic) bond motifs is 1. The van der Waals surface area contributed by atoms with Crippen molar-refractivity contribution >= 4 is 21.5 Å². The molecule has 6 nitrogen and oxygen atoms in total. The minimum atomic E-state index is -3.50. The van der Waals surface area contributed by atoms with Crippen molar-refractivity contribution < 1.29 is 13.2 Å². The van der Waals surface area contributed by atoms with Gasteiger partial charge >= 0.3 is 0 Å². The van der Waals surface area contributed by atoms with Crippen LogP contribution >= 0.6 is 0 Å². The third kappa shape index (κ3) is 2.92. The first-order valence-corrected chi connectivity index (χ1v) is 9.92. The molecule has 1 atom stereocenters. The van der Waals surface area contributed by atoms with Gasteiger partial charge in [-0.05, 0) is 37.1 Å². The maximum Gasteiger partial charge on any atom is 0.244 e. The summed E-state index contributed by atoms with van der Waals surface area (Å²) in [4.78, 5) is 6.86. The topological polar surface area (TPSA) is 62.7 Å². The van der Waals surface area contributed by atoms with Crippen LogP contribution in [0.5, 0.6) is 0 Å². The standard InChI is InChI=1S/C18H21N3O3S/c1-14-12-15-4-2-3-5-17(15)21(14)18-7-6-16(13-19-18)25(22,23)20-8-10-24-11-9-20/h2-7,13-14H,8-12H2,1H3. The van der Waals surface area contributed by atoms with Gasteiger partial charge in [0.25, 0.3) is 0 Å². The molecule has 0 aliphatic carbocycles. The first-order chi connectivity index (χ1) is 12.1. The van der Waals surface area contributed by atoms with E-state index in [-0.39, 0.29) is 4.90 Å². The molecule has 0 bridgehead atoms. The highest BCUT2D eigenvalue weighted by Crippen LogP contribution is 2.37. The van der Waals surface area contributed by atoms with Crippen molar-refractivity contribution in [2.75, 3.05) is 31.2 Å². The lowest BCUT2D eigenvalue weighted by Crippen LogP contribution is -2.40. The van der Waals surface area contributed by atoms with Gasteiger partial charge in [0.15, 0.2) is 0 Å². The summed E-state index contributed by atoms with van der Waals surface area (Å²) in [5.41, 5.74) is 2.44. The molecule has 0 amide bonds. The van der Waals surface area contributed by atoms with Crippen LogP contribution in [0.1, 0.15) is 12.5 Å². The Balaban J connectivity index is 1.62. The van der Waals surface area contributed by atoms with Crippen LogP contribution in [0.2, 0.25) is 0 Å². The Labute approximate surface area is 148 Å². The fourth-order valence-electron chi connectivity index (χ4n) is 3.52. The normalized spacial score (nSPS) is 21.3. The molecule has 1 fully saturated rings. The predicted molar refractivity (Wildman–Crippen MR) is 95.6 cm³/mol. The summed E-state index contributed by atoms with van der Waals surface area (Å²) in [5, 5.41) is 0. The molecule has 0 N–H and O–H groups in total. The molecule has 0 saturated carbocycles. The van der Waals surface area contributed by atoms with E-state index < -0.39 is 10.0 Å². The third-order valence-electron chi connectivity index (χ3n) is 4.78. The average molecular weight is 359 g/mol. The number of hydrogen-bond acceptors (Lipinski definition) is 5. The van der Waals surface area contributed by atoms with E-state index in [1.165, 1.54) is 16.1 Å². The fourth-order valence-corrected chi connectivity index (χ4v) is 4.87. The summed E-state index contributed by atoms with van der Waals surface area (Å²) < 4.78 is 32.1. The van der Waals surface area contributed by atoms with E-state index in [2.05, 4.69) is 28.9 Å². The summed E-state index contributed by atoms with van der Waals surface area (Å²) in [6, 6.07) is 12.0. The summed E-state index contributed by atoms with van der Waals surface area (Å²) in [7, 11) is -3.50. The lowest BCUT2D eigenvalue weighted by molar-refractivity contribution is 0.0730. The molecule has 132 valence electrons. The van der Waals surface area contributed by atoms with E-state index in [4.69, 9.17) is 4.74 Å². The Bertz CT molecular complexity index is 861. The molecule has 2 aliphatic heterocycles. The van der Waals surface area contributed by atoms with Crippen LogP contribution in [0.15, 0.2) is 47.5 Å². The molecule has 3 heterocycles. The maximum atomic E-state index is 12.7. The second-order valence-electron chi connectivity index (χ2n) is 6.42. The van der Waals surface area contributed by atoms with Crippen LogP contribution in [0, 0.1) is 0 Å². The SMILES string of the molecule is CC1Cc2ccccc2N1c1ccc(S(=O)(=O)N2CCOCC2)cn1. The van der Waals surface area contributed by atoms with E-state index in [0.29, 0.717) is 32.3 Å². The van der Waals surface area contributed by atoms with Crippen molar-refractivity contribution in [3.8, 4) is 0 Å². The van der Waals surface area contributed by atoms with Crippen LogP contribution in [0.4, 0.5) is 11.5 Å². The van der Waals surface area contributed by atoms with E-state index in [0.717, 1.165) is 17.9 Å².